The van der Waals surface area contributed by atoms with Gasteiger partial charge in [0.25, 0.3) is 0 Å². The first kappa shape index (κ1) is 50.8. The molecule has 20 nitrogen and oxygen atoms in total. The quantitative estimate of drug-likeness (QED) is 0.0561. The molecule has 1 aliphatic carbocycles. The molecule has 1 saturated carbocycles. The van der Waals surface area contributed by atoms with Crippen LogP contribution in [0.25, 0.3) is 0 Å². The Labute approximate surface area is 355 Å². The molecule has 0 bridgehead atoms. The van der Waals surface area contributed by atoms with E-state index >= 15 is 0 Å². The van der Waals surface area contributed by atoms with Crippen LogP contribution >= 0.6 is 0 Å². The van der Waals surface area contributed by atoms with E-state index in [4.69, 9.17) is 5.73 Å². The van der Waals surface area contributed by atoms with Gasteiger partial charge in [-0.25, -0.2) is 4.79 Å². The van der Waals surface area contributed by atoms with Crippen molar-refractivity contribution in [3.63, 3.8) is 0 Å². The van der Waals surface area contributed by atoms with Crippen LogP contribution in [0, 0.1) is 17.8 Å². The number of nitrogens with one attached hydrogen (secondary N) is 8. The summed E-state index contributed by atoms with van der Waals surface area (Å²) in [6.45, 7) is 8.34. The van der Waals surface area contributed by atoms with E-state index in [9.17, 15) is 53.1 Å². The van der Waals surface area contributed by atoms with Crippen LogP contribution in [0.5, 0.6) is 0 Å². The molecule has 0 radical (unpaired) electrons. The molecule has 11 N–H and O–H groups in total. The van der Waals surface area contributed by atoms with Gasteiger partial charge >= 0.3 is 5.97 Å². The van der Waals surface area contributed by atoms with E-state index in [1.165, 1.54) is 13.8 Å². The summed E-state index contributed by atoms with van der Waals surface area (Å²) in [5, 5.41) is 29.3. The number of benzene rings is 1. The molecular weight excluding hydrogens is 795 g/mol. The predicted molar refractivity (Wildman–Crippen MR) is 221 cm³/mol. The summed E-state index contributed by atoms with van der Waals surface area (Å²) >= 11 is 0. The fourth-order valence-corrected chi connectivity index (χ4v) is 6.48. The maximum atomic E-state index is 13.9. The number of rotatable bonds is 23. The third-order valence-electron chi connectivity index (χ3n) is 9.88. The topological polar surface area (TPSA) is 313 Å². The van der Waals surface area contributed by atoms with Crippen LogP contribution in [-0.4, -0.2) is 114 Å². The first-order valence-electron chi connectivity index (χ1n) is 20.3. The van der Waals surface area contributed by atoms with Crippen molar-refractivity contribution >= 4 is 59.1 Å². The number of amides is 9. The van der Waals surface area contributed by atoms with Crippen molar-refractivity contribution in [1.29, 1.82) is 0 Å². The lowest BCUT2D eigenvalue weighted by Crippen LogP contribution is -2.62. The van der Waals surface area contributed by atoms with E-state index in [2.05, 4.69) is 42.5 Å². The summed E-state index contributed by atoms with van der Waals surface area (Å²) < 4.78 is 0. The number of nitrogens with two attached hydrogens (primary N) is 1. The Morgan fingerprint density at radius 3 is 1.79 bits per heavy atom. The van der Waals surface area contributed by atoms with E-state index in [0.717, 1.165) is 31.4 Å². The largest absolute Gasteiger partial charge is 0.480 e. The van der Waals surface area contributed by atoms with Crippen LogP contribution < -0.4 is 48.3 Å². The normalized spacial score (nSPS) is 15.8. The SMILES string of the molecule is CC(=O)NC[C@H](NC(=O)/C=C/C(=O)N[C@@H](C)C(=O)NCC(=O)N[C@@H](Cc1ccccc1)C(=O)O)C(=O)N[C@H](C(=O)N[C@H](C(=O)N[C@H](C(N)=O)C(C)C)C(C)C)C1CCCCC1. The van der Waals surface area contributed by atoms with Gasteiger partial charge in [-0.3, -0.25) is 43.2 Å². The maximum Gasteiger partial charge on any atom is 0.326 e. The second-order valence-electron chi connectivity index (χ2n) is 15.7. The summed E-state index contributed by atoms with van der Waals surface area (Å²) in [7, 11) is 0. The first-order chi connectivity index (χ1) is 28.7. The van der Waals surface area contributed by atoms with Crippen molar-refractivity contribution in [1.82, 2.24) is 42.5 Å². The summed E-state index contributed by atoms with van der Waals surface area (Å²) in [6, 6.07) is 1.51. The van der Waals surface area contributed by atoms with Crippen LogP contribution in [0.4, 0.5) is 0 Å². The predicted octanol–water partition coefficient (Wildman–Crippen LogP) is -1.57. The van der Waals surface area contributed by atoms with Gasteiger partial charge in [0.1, 0.15) is 36.3 Å². The number of carbonyl (C=O) groups is 10. The summed E-state index contributed by atoms with van der Waals surface area (Å²) in [4.78, 5) is 127. The van der Waals surface area contributed by atoms with Gasteiger partial charge in [-0.2, -0.15) is 0 Å². The van der Waals surface area contributed by atoms with Crippen LogP contribution in [0.15, 0.2) is 42.5 Å². The highest BCUT2D eigenvalue weighted by Gasteiger charge is 2.37. The van der Waals surface area contributed by atoms with Gasteiger partial charge in [0, 0.05) is 32.0 Å². The van der Waals surface area contributed by atoms with Crippen molar-refractivity contribution in [3.8, 4) is 0 Å². The van der Waals surface area contributed by atoms with E-state index in [-0.39, 0.29) is 18.3 Å². The minimum absolute atomic E-state index is 0.0139. The zero-order chi connectivity index (χ0) is 45.8. The Morgan fingerprint density at radius 1 is 0.672 bits per heavy atom. The van der Waals surface area contributed by atoms with E-state index < -0.39 is 114 Å². The van der Waals surface area contributed by atoms with E-state index in [0.29, 0.717) is 18.4 Å². The van der Waals surface area contributed by atoms with Gasteiger partial charge in [0.15, 0.2) is 0 Å². The highest BCUT2D eigenvalue weighted by Crippen LogP contribution is 2.27. The molecule has 1 aromatic rings. The minimum Gasteiger partial charge on any atom is -0.480 e. The third-order valence-corrected chi connectivity index (χ3v) is 9.88. The molecule has 20 heteroatoms. The molecule has 1 fully saturated rings. The molecule has 0 aliphatic heterocycles. The zero-order valence-corrected chi connectivity index (χ0v) is 35.5. The average molecular weight is 856 g/mol. The number of carboxylic acids is 1. The Kier molecular flexibility index (Phi) is 21.1. The molecule has 0 spiro atoms. The molecule has 2 rings (SSSR count). The fourth-order valence-electron chi connectivity index (χ4n) is 6.48. The van der Waals surface area contributed by atoms with Gasteiger partial charge in [0.05, 0.1) is 6.54 Å². The number of hydrogen-bond donors (Lipinski definition) is 10. The summed E-state index contributed by atoms with van der Waals surface area (Å²) in [6.07, 6.45) is 5.24. The fraction of sp³-hybridized carbons (Fsp3) is 0.561. The number of carboxylic acid groups (broad SMARTS) is 1. The molecule has 9 amide bonds. The lowest BCUT2D eigenvalue weighted by Gasteiger charge is -2.33. The smallest absolute Gasteiger partial charge is 0.326 e. The minimum atomic E-state index is -1.43. The molecule has 1 aliphatic rings. The zero-order valence-electron chi connectivity index (χ0n) is 35.5. The van der Waals surface area contributed by atoms with Crippen LogP contribution in [0.3, 0.4) is 0 Å². The van der Waals surface area contributed by atoms with E-state index in [1.54, 1.807) is 58.0 Å². The molecule has 0 unspecified atom stereocenters. The third kappa shape index (κ3) is 18.2. The number of hydrogen-bond acceptors (Lipinski definition) is 10. The van der Waals surface area contributed by atoms with Gasteiger partial charge in [0.2, 0.25) is 53.2 Å². The van der Waals surface area contributed by atoms with Gasteiger partial charge < -0.3 is 53.4 Å². The monoisotopic (exact) mass is 855 g/mol. The van der Waals surface area contributed by atoms with Crippen LogP contribution in [0.2, 0.25) is 0 Å². The second kappa shape index (κ2) is 25.3. The Hall–Kier alpha value is -6.34. The van der Waals surface area contributed by atoms with Crippen molar-refractivity contribution in [2.24, 2.45) is 23.5 Å². The van der Waals surface area contributed by atoms with Crippen LogP contribution in [-0.2, 0) is 54.4 Å². The molecule has 0 heterocycles. The lowest BCUT2D eigenvalue weighted by molar-refractivity contribution is -0.141. The Balaban J connectivity index is 2.08. The van der Waals surface area contributed by atoms with Crippen molar-refractivity contribution in [2.75, 3.05) is 13.1 Å². The van der Waals surface area contributed by atoms with Crippen molar-refractivity contribution < 1.29 is 53.1 Å². The molecule has 61 heavy (non-hydrogen) atoms. The summed E-state index contributed by atoms with van der Waals surface area (Å²) in [5.74, 6) is -9.17. The molecule has 1 aromatic carbocycles. The Morgan fingerprint density at radius 2 is 1.25 bits per heavy atom. The number of aliphatic carboxylic acids is 1. The van der Waals surface area contributed by atoms with Gasteiger partial charge in [-0.05, 0) is 43.1 Å². The summed E-state index contributed by atoms with van der Waals surface area (Å²) in [5.41, 5.74) is 6.16. The number of primary amides is 1. The van der Waals surface area contributed by atoms with Crippen molar-refractivity contribution in [3.05, 3.63) is 48.0 Å². The van der Waals surface area contributed by atoms with Crippen molar-refractivity contribution in [2.45, 2.75) is 116 Å². The van der Waals surface area contributed by atoms with Gasteiger partial charge in [-0.1, -0.05) is 77.3 Å². The maximum absolute atomic E-state index is 13.9. The average Bonchev–Trinajstić information content (AvgIpc) is 3.20. The van der Waals surface area contributed by atoms with Crippen LogP contribution in [0.1, 0.15) is 79.2 Å². The first-order valence-corrected chi connectivity index (χ1v) is 20.3. The highest BCUT2D eigenvalue weighted by molar-refractivity contribution is 6.01. The lowest BCUT2D eigenvalue weighted by atomic mass is 9.83. The molecule has 0 aromatic heterocycles. The molecule has 6 atom stereocenters. The molecule has 336 valence electrons. The molecular formula is C41H61N9O11. The number of carbonyl (C=O) groups excluding carboxylic acids is 9. The Bertz CT molecular complexity index is 1760. The van der Waals surface area contributed by atoms with Gasteiger partial charge in [-0.15, -0.1) is 0 Å². The second-order valence-corrected chi connectivity index (χ2v) is 15.7. The molecule has 0 saturated heterocycles. The van der Waals surface area contributed by atoms with E-state index in [1.807, 2.05) is 0 Å². The standard InChI is InChI=1S/C41H61N9O11/c1-22(2)33(36(42)55)48-39(58)34(23(3)4)49-40(59)35(27-15-11-8-12-16-27)50-38(57)29(20-43-25(6)51)47-31(53)18-17-30(52)45-24(5)37(56)44-21-32(54)46-28(41(60)61)19-26-13-9-7-10-14-26/h7,9-10,13-14,17-18,22-24,27-29,33-35H,8,11-12,15-16,19-21H2,1-6H3,(H2,42,55)(H,43,51)(H,44,56)(H,45,52)(H,46,54)(H,47,53)(H,48,58)(H,49,59)(H,50,57)(H,60,61)/b18-17+/t24-,28-,29-,33-,34-,35-/m0/s1. The highest BCUT2D eigenvalue weighted by atomic mass is 16.4.